The molecular formula is C59H34N4O. The molecule has 0 saturated carbocycles. The largest absolute Gasteiger partial charge is 0.454 e. The van der Waals surface area contributed by atoms with E-state index in [2.05, 4.69) is 199 Å². The summed E-state index contributed by atoms with van der Waals surface area (Å²) < 4.78 is 9.31. The van der Waals surface area contributed by atoms with E-state index < -0.39 is 0 Å². The Morgan fingerprint density at radius 3 is 1.52 bits per heavy atom. The van der Waals surface area contributed by atoms with E-state index in [4.69, 9.17) is 19.4 Å². The molecule has 5 nitrogen and oxygen atoms in total. The number of rotatable bonds is 4. The standard InChI is InChI=1S/C59H34N4O/c1-2-14-38-34-53-50(33-37(38)13-1)47-17-7-9-19-51(47)63(53)52-30-29-49(55-48-18-8-10-20-54(48)64-56(52)55)59-61-57(41-25-27-45-39(31-41)23-21-35-11-3-5-15-43(35)45)60-58(62-59)42-26-28-46-40(32-42)24-22-36-12-4-6-16-44(36)46/h1-34H. The number of nitrogens with zero attached hydrogens (tertiary/aromatic N) is 4. The summed E-state index contributed by atoms with van der Waals surface area (Å²) in [6, 6.07) is 73.4. The van der Waals surface area contributed by atoms with Crippen molar-refractivity contribution in [2.24, 2.45) is 0 Å². The van der Waals surface area contributed by atoms with Gasteiger partial charge in [-0.15, -0.1) is 0 Å². The van der Waals surface area contributed by atoms with Gasteiger partial charge >= 0.3 is 0 Å². The third-order valence-electron chi connectivity index (χ3n) is 13.2. The lowest BCUT2D eigenvalue weighted by atomic mass is 9.99. The van der Waals surface area contributed by atoms with Gasteiger partial charge in [-0.1, -0.05) is 158 Å². The van der Waals surface area contributed by atoms with Crippen molar-refractivity contribution in [3.8, 4) is 39.9 Å². The molecule has 0 bridgehead atoms. The summed E-state index contributed by atoms with van der Waals surface area (Å²) in [6.07, 6.45) is 0. The van der Waals surface area contributed by atoms with Crippen LogP contribution in [0.1, 0.15) is 0 Å². The molecule has 0 radical (unpaired) electrons. The Bertz CT molecular complexity index is 4140. The highest BCUT2D eigenvalue weighted by atomic mass is 16.3. The van der Waals surface area contributed by atoms with Crippen LogP contribution < -0.4 is 0 Å². The highest BCUT2D eigenvalue weighted by molar-refractivity contribution is 6.18. The third kappa shape index (κ3) is 5.22. The van der Waals surface area contributed by atoms with Crippen molar-refractivity contribution in [3.63, 3.8) is 0 Å². The molecule has 11 aromatic carbocycles. The summed E-state index contributed by atoms with van der Waals surface area (Å²) in [6.45, 7) is 0. The lowest BCUT2D eigenvalue weighted by Gasteiger charge is -2.13. The summed E-state index contributed by atoms with van der Waals surface area (Å²) in [7, 11) is 0. The van der Waals surface area contributed by atoms with Crippen molar-refractivity contribution in [1.82, 2.24) is 19.5 Å². The summed E-state index contributed by atoms with van der Waals surface area (Å²) in [4.78, 5) is 16.0. The van der Waals surface area contributed by atoms with E-state index in [1.54, 1.807) is 0 Å². The van der Waals surface area contributed by atoms with Crippen LogP contribution in [0.15, 0.2) is 211 Å². The molecule has 14 aromatic rings. The predicted octanol–water partition coefficient (Wildman–Crippen LogP) is 15.6. The van der Waals surface area contributed by atoms with Crippen LogP contribution in [0.25, 0.3) is 137 Å². The maximum atomic E-state index is 6.96. The zero-order chi connectivity index (χ0) is 41.9. The van der Waals surface area contributed by atoms with Crippen LogP contribution >= 0.6 is 0 Å². The van der Waals surface area contributed by atoms with Crippen LogP contribution in [-0.2, 0) is 0 Å². The number of furan rings is 1. The topological polar surface area (TPSA) is 56.7 Å². The van der Waals surface area contributed by atoms with Gasteiger partial charge in [0.2, 0.25) is 0 Å². The Hall–Kier alpha value is -8.67. The van der Waals surface area contributed by atoms with E-state index in [-0.39, 0.29) is 0 Å². The summed E-state index contributed by atoms with van der Waals surface area (Å²) in [5, 5.41) is 16.2. The van der Waals surface area contributed by atoms with Crippen molar-refractivity contribution in [2.75, 3.05) is 0 Å². The van der Waals surface area contributed by atoms with E-state index in [1.165, 1.54) is 53.9 Å². The van der Waals surface area contributed by atoms with Gasteiger partial charge in [0.1, 0.15) is 5.58 Å². The van der Waals surface area contributed by atoms with Gasteiger partial charge in [0.25, 0.3) is 0 Å². The maximum Gasteiger partial charge on any atom is 0.164 e. The minimum atomic E-state index is 0.577. The number of hydrogen-bond donors (Lipinski definition) is 0. The lowest BCUT2D eigenvalue weighted by molar-refractivity contribution is 0.666. The average molecular weight is 815 g/mol. The Balaban J connectivity index is 1.03. The van der Waals surface area contributed by atoms with E-state index >= 15 is 0 Å². The highest BCUT2D eigenvalue weighted by Gasteiger charge is 2.23. The van der Waals surface area contributed by atoms with E-state index in [9.17, 15) is 0 Å². The molecule has 0 aliphatic heterocycles. The van der Waals surface area contributed by atoms with Crippen LogP contribution in [-0.4, -0.2) is 19.5 Å². The number of hydrogen-bond acceptors (Lipinski definition) is 4. The van der Waals surface area contributed by atoms with Gasteiger partial charge in [0.15, 0.2) is 23.1 Å². The Labute approximate surface area is 366 Å². The maximum absolute atomic E-state index is 6.96. The molecule has 0 aliphatic carbocycles. The third-order valence-corrected chi connectivity index (χ3v) is 13.2. The van der Waals surface area contributed by atoms with Crippen molar-refractivity contribution in [2.45, 2.75) is 0 Å². The minimum absolute atomic E-state index is 0.577. The lowest BCUT2D eigenvalue weighted by Crippen LogP contribution is -2.01. The molecule has 64 heavy (non-hydrogen) atoms. The quantitative estimate of drug-likeness (QED) is 0.166. The second kappa shape index (κ2) is 13.4. The van der Waals surface area contributed by atoms with Gasteiger partial charge in [-0.05, 0) is 102 Å². The van der Waals surface area contributed by atoms with Crippen LogP contribution in [0.4, 0.5) is 0 Å². The Morgan fingerprint density at radius 2 is 0.844 bits per heavy atom. The smallest absolute Gasteiger partial charge is 0.164 e. The van der Waals surface area contributed by atoms with Crippen molar-refractivity contribution < 1.29 is 4.42 Å². The van der Waals surface area contributed by atoms with Crippen LogP contribution in [0.2, 0.25) is 0 Å². The first-order chi connectivity index (χ1) is 31.7. The van der Waals surface area contributed by atoms with Crippen molar-refractivity contribution in [1.29, 1.82) is 0 Å². The molecule has 0 N–H and O–H groups in total. The summed E-state index contributed by atoms with van der Waals surface area (Å²) in [5.74, 6) is 1.79. The second-order valence-electron chi connectivity index (χ2n) is 16.8. The number of benzene rings is 11. The summed E-state index contributed by atoms with van der Waals surface area (Å²) in [5.41, 5.74) is 7.47. The molecule has 296 valence electrons. The fraction of sp³-hybridized carbons (Fsp3) is 0. The predicted molar refractivity (Wildman–Crippen MR) is 265 cm³/mol. The van der Waals surface area contributed by atoms with Crippen LogP contribution in [0, 0.1) is 0 Å². The van der Waals surface area contributed by atoms with Gasteiger partial charge in [0, 0.05) is 38.2 Å². The molecule has 0 amide bonds. The van der Waals surface area contributed by atoms with Gasteiger partial charge in [-0.25, -0.2) is 15.0 Å². The molecule has 0 fully saturated rings. The number of aromatic nitrogens is 4. The van der Waals surface area contributed by atoms with Crippen molar-refractivity contribution in [3.05, 3.63) is 206 Å². The first-order valence-electron chi connectivity index (χ1n) is 21.7. The summed E-state index contributed by atoms with van der Waals surface area (Å²) >= 11 is 0. The Kier molecular flexibility index (Phi) is 7.33. The zero-order valence-electron chi connectivity index (χ0n) is 34.3. The fourth-order valence-electron chi connectivity index (χ4n) is 10.2. The van der Waals surface area contributed by atoms with Gasteiger partial charge in [0.05, 0.1) is 16.7 Å². The molecule has 3 heterocycles. The van der Waals surface area contributed by atoms with Gasteiger partial charge < -0.3 is 8.98 Å². The normalized spacial score (nSPS) is 12.1. The molecule has 14 rings (SSSR count). The van der Waals surface area contributed by atoms with Gasteiger partial charge in [-0.2, -0.15) is 0 Å². The highest BCUT2D eigenvalue weighted by Crippen LogP contribution is 2.43. The van der Waals surface area contributed by atoms with Crippen LogP contribution in [0.3, 0.4) is 0 Å². The monoisotopic (exact) mass is 814 g/mol. The molecular weight excluding hydrogens is 781 g/mol. The van der Waals surface area contributed by atoms with Crippen LogP contribution in [0.5, 0.6) is 0 Å². The Morgan fingerprint density at radius 1 is 0.328 bits per heavy atom. The number of fused-ring (bicyclic) bond motifs is 13. The molecule has 0 atom stereocenters. The molecule has 5 heteroatoms. The first kappa shape index (κ1) is 35.0. The zero-order valence-corrected chi connectivity index (χ0v) is 34.3. The van der Waals surface area contributed by atoms with E-state index in [1.807, 2.05) is 12.1 Å². The molecule has 0 saturated heterocycles. The fourth-order valence-corrected chi connectivity index (χ4v) is 10.2. The second-order valence-corrected chi connectivity index (χ2v) is 16.8. The molecule has 3 aromatic heterocycles. The number of para-hydroxylation sites is 2. The van der Waals surface area contributed by atoms with Crippen molar-refractivity contribution >= 4 is 97.6 Å². The minimum Gasteiger partial charge on any atom is -0.454 e. The first-order valence-corrected chi connectivity index (χ1v) is 21.7. The molecule has 0 spiro atoms. The molecule has 0 unspecified atom stereocenters. The van der Waals surface area contributed by atoms with E-state index in [0.29, 0.717) is 17.5 Å². The SMILES string of the molecule is c1ccc2cc3c(cc2c1)c1ccccc1n3-c1ccc(-c2nc(-c3ccc4c(ccc5ccccc54)c3)nc(-c3ccc4c(ccc5ccccc54)c3)n2)c2c1oc1ccccc12. The average Bonchev–Trinajstić information content (AvgIpc) is 3.91. The van der Waals surface area contributed by atoms with Gasteiger partial charge in [-0.3, -0.25) is 0 Å². The van der Waals surface area contributed by atoms with E-state index in [0.717, 1.165) is 66.1 Å². The molecule has 0 aliphatic rings.